The van der Waals surface area contributed by atoms with Crippen molar-refractivity contribution in [1.82, 2.24) is 38.2 Å². The molecule has 16 nitrogen and oxygen atoms in total. The summed E-state index contributed by atoms with van der Waals surface area (Å²) >= 11 is 0. The number of hydrogen-bond donors (Lipinski definition) is 1. The quantitative estimate of drug-likeness (QED) is 0.212. The van der Waals surface area contributed by atoms with Crippen LogP contribution in [0.15, 0.2) is 67.7 Å². The van der Waals surface area contributed by atoms with E-state index < -0.39 is 69.7 Å². The molecular formula is C35H26F6N10O6. The van der Waals surface area contributed by atoms with Gasteiger partial charge in [-0.05, 0) is 26.0 Å². The van der Waals surface area contributed by atoms with Crippen LogP contribution >= 0.6 is 0 Å². The molecule has 0 aliphatic heterocycles. The fourth-order valence-corrected chi connectivity index (χ4v) is 5.29. The number of aromatic nitrogens is 8. The summed E-state index contributed by atoms with van der Waals surface area (Å²) in [6, 6.07) is 11.2. The second-order valence-corrected chi connectivity index (χ2v) is 11.9. The van der Waals surface area contributed by atoms with Gasteiger partial charge in [0, 0.05) is 57.5 Å². The van der Waals surface area contributed by atoms with Crippen LogP contribution in [0.25, 0.3) is 11.4 Å². The number of nitrogens with one attached hydrogen (secondary N) is 1. The molecule has 0 saturated carbocycles. The zero-order valence-electron chi connectivity index (χ0n) is 30.0. The van der Waals surface area contributed by atoms with Gasteiger partial charge in [0.1, 0.15) is 35.3 Å². The molecule has 0 saturated heterocycles. The lowest BCUT2D eigenvalue weighted by atomic mass is 10.2. The first kappa shape index (κ1) is 40.6. The van der Waals surface area contributed by atoms with Crippen LogP contribution in [-0.4, -0.2) is 38.2 Å². The minimum absolute atomic E-state index is 0.140. The van der Waals surface area contributed by atoms with Gasteiger partial charge in [-0.2, -0.15) is 20.7 Å². The summed E-state index contributed by atoms with van der Waals surface area (Å²) in [5.41, 5.74) is -6.66. The van der Waals surface area contributed by atoms with Crippen molar-refractivity contribution in [2.45, 2.75) is 26.7 Å². The van der Waals surface area contributed by atoms with Crippen molar-refractivity contribution in [3.63, 3.8) is 0 Å². The fraction of sp³-hybridized carbons (Fsp3) is 0.200. The Balaban J connectivity index is 0.000000218. The Bertz CT molecular complexity index is 2840. The van der Waals surface area contributed by atoms with Gasteiger partial charge in [-0.3, -0.25) is 14.2 Å². The van der Waals surface area contributed by atoms with Crippen LogP contribution in [0.2, 0.25) is 0 Å². The van der Waals surface area contributed by atoms with Gasteiger partial charge in [0.25, 0.3) is 24.0 Å². The van der Waals surface area contributed by atoms with E-state index in [1.807, 2.05) is 4.98 Å². The van der Waals surface area contributed by atoms with E-state index in [0.717, 1.165) is 31.3 Å². The Kier molecular flexibility index (Phi) is 11.4. The van der Waals surface area contributed by atoms with E-state index in [1.165, 1.54) is 9.36 Å². The highest BCUT2D eigenvalue weighted by Crippen LogP contribution is 2.31. The van der Waals surface area contributed by atoms with Gasteiger partial charge in [-0.15, -0.1) is 0 Å². The second kappa shape index (κ2) is 16.0. The smallest absolute Gasteiger partial charge is 0.335 e. The summed E-state index contributed by atoms with van der Waals surface area (Å²) in [6.45, 7) is 3.42. The lowest BCUT2D eigenvalue weighted by Gasteiger charge is -2.14. The molecule has 6 rings (SSSR count). The summed E-state index contributed by atoms with van der Waals surface area (Å²) < 4.78 is 95.7. The number of aromatic amines is 1. The maximum absolute atomic E-state index is 14.6. The number of alkyl halides is 4. The Morgan fingerprint density at radius 2 is 1.12 bits per heavy atom. The molecule has 1 N–H and O–H groups in total. The molecule has 0 bridgehead atoms. The first-order valence-corrected chi connectivity index (χ1v) is 16.0. The summed E-state index contributed by atoms with van der Waals surface area (Å²) in [7, 11) is 4.20. The molecule has 0 spiro atoms. The zero-order chi connectivity index (χ0) is 42.0. The molecule has 0 radical (unpaired) electrons. The highest BCUT2D eigenvalue weighted by Gasteiger charge is 2.22. The number of aryl methyl sites for hydroxylation is 4. The molecular weight excluding hydrogens is 770 g/mol. The Morgan fingerprint density at radius 1 is 0.667 bits per heavy atom. The van der Waals surface area contributed by atoms with Crippen LogP contribution in [-0.2, 0) is 21.1 Å². The van der Waals surface area contributed by atoms with Crippen LogP contribution in [0.1, 0.15) is 46.8 Å². The molecule has 0 aliphatic rings. The highest BCUT2D eigenvalue weighted by atomic mass is 19.3. The lowest BCUT2D eigenvalue weighted by molar-refractivity contribution is 0.140. The standard InChI is InChI=1S/C18H14F3N5O3.C17H12F3N5O3/c1-9-4-16(25(3)23-9)29-14-6-12(11(19)5-10(14)8-22)26-15(27)7-13(17(20)21)24(2)18(26)28;1-8-3-15(24(2)23-8)28-13-6-12(10(18)4-9(13)7-21)25-14(26)5-11(16(19)20)22-17(25)27/h4-7,17H,1-3H3;3-6,16H,1-2H3,(H,22,27). The van der Waals surface area contributed by atoms with E-state index in [9.17, 15) is 56.0 Å². The topological polar surface area (TPSA) is 201 Å². The van der Waals surface area contributed by atoms with Crippen molar-refractivity contribution in [3.05, 3.63) is 136 Å². The predicted molar refractivity (Wildman–Crippen MR) is 185 cm³/mol. The van der Waals surface area contributed by atoms with E-state index in [0.29, 0.717) is 37.2 Å². The number of ether oxygens (including phenoxy) is 2. The van der Waals surface area contributed by atoms with Gasteiger partial charge in [0.05, 0.1) is 45.3 Å². The van der Waals surface area contributed by atoms with Crippen LogP contribution in [0.3, 0.4) is 0 Å². The number of hydrogen-bond acceptors (Lipinski definition) is 10. The molecule has 22 heteroatoms. The average Bonchev–Trinajstić information content (AvgIpc) is 3.64. The first-order chi connectivity index (χ1) is 26.8. The summed E-state index contributed by atoms with van der Waals surface area (Å²) in [5.74, 6) is -1.99. The van der Waals surface area contributed by atoms with E-state index in [-0.39, 0.29) is 34.4 Å². The normalized spacial score (nSPS) is 10.9. The third-order valence-electron chi connectivity index (χ3n) is 7.94. The number of halogens is 6. The van der Waals surface area contributed by atoms with Crippen molar-refractivity contribution in [2.24, 2.45) is 21.1 Å². The van der Waals surface area contributed by atoms with Gasteiger partial charge in [-0.25, -0.2) is 54.4 Å². The Hall–Kier alpha value is -7.62. The minimum Gasteiger partial charge on any atom is -0.438 e. The van der Waals surface area contributed by atoms with Crippen LogP contribution in [0.5, 0.6) is 23.3 Å². The number of nitriles is 2. The number of benzene rings is 2. The van der Waals surface area contributed by atoms with E-state index in [1.54, 1.807) is 52.2 Å². The van der Waals surface area contributed by atoms with Crippen molar-refractivity contribution in [2.75, 3.05) is 0 Å². The van der Waals surface area contributed by atoms with Crippen LogP contribution < -0.4 is 32.0 Å². The molecule has 0 aliphatic carbocycles. The van der Waals surface area contributed by atoms with Gasteiger partial charge in [0.15, 0.2) is 0 Å². The number of rotatable bonds is 8. The van der Waals surface area contributed by atoms with Crippen molar-refractivity contribution >= 4 is 0 Å². The van der Waals surface area contributed by atoms with E-state index in [2.05, 4.69) is 10.2 Å². The molecule has 4 heterocycles. The monoisotopic (exact) mass is 796 g/mol. The third kappa shape index (κ3) is 8.24. The largest absolute Gasteiger partial charge is 0.438 e. The second-order valence-electron chi connectivity index (χ2n) is 11.9. The molecule has 4 aromatic heterocycles. The Morgan fingerprint density at radius 3 is 1.51 bits per heavy atom. The van der Waals surface area contributed by atoms with Gasteiger partial charge in [0.2, 0.25) is 11.8 Å². The first-order valence-electron chi connectivity index (χ1n) is 16.0. The van der Waals surface area contributed by atoms with Crippen molar-refractivity contribution in [1.29, 1.82) is 10.5 Å². The van der Waals surface area contributed by atoms with Gasteiger partial charge in [-0.1, -0.05) is 0 Å². The number of H-pyrrole nitrogens is 1. The van der Waals surface area contributed by atoms with Gasteiger partial charge >= 0.3 is 11.4 Å². The molecule has 294 valence electrons. The maximum atomic E-state index is 14.6. The molecule has 0 amide bonds. The van der Waals surface area contributed by atoms with Crippen molar-refractivity contribution in [3.8, 4) is 46.8 Å². The van der Waals surface area contributed by atoms with Crippen molar-refractivity contribution < 1.29 is 35.8 Å². The average molecular weight is 797 g/mol. The highest BCUT2D eigenvalue weighted by molar-refractivity contribution is 5.53. The van der Waals surface area contributed by atoms with Crippen LogP contribution in [0, 0.1) is 48.1 Å². The maximum Gasteiger partial charge on any atom is 0.335 e. The van der Waals surface area contributed by atoms with Crippen LogP contribution in [0.4, 0.5) is 26.3 Å². The lowest BCUT2D eigenvalue weighted by Crippen LogP contribution is -2.39. The molecule has 0 atom stereocenters. The molecule has 57 heavy (non-hydrogen) atoms. The summed E-state index contributed by atoms with van der Waals surface area (Å²) in [6.07, 6.45) is -6.14. The molecule has 2 aromatic carbocycles. The zero-order valence-corrected chi connectivity index (χ0v) is 30.0. The minimum atomic E-state index is -3.08. The van der Waals surface area contributed by atoms with Gasteiger partial charge < -0.3 is 14.5 Å². The fourth-order valence-electron chi connectivity index (χ4n) is 5.29. The molecule has 0 fully saturated rings. The number of nitrogens with zero attached hydrogens (tertiary/aromatic N) is 9. The third-order valence-corrected chi connectivity index (χ3v) is 7.94. The molecule has 0 unspecified atom stereocenters. The molecule has 6 aromatic rings. The SMILES string of the molecule is Cc1cc(Oc2cc(-n3c(=O)cc(C(F)F)[nH]c3=O)c(F)cc2C#N)n(C)n1.Cc1cc(Oc2cc(-n3c(=O)cc(C(F)F)n(C)c3=O)c(F)cc2C#N)n(C)n1. The Labute approximate surface area is 314 Å². The summed E-state index contributed by atoms with van der Waals surface area (Å²) in [5, 5.41) is 26.6. The van der Waals surface area contributed by atoms with E-state index >= 15 is 0 Å². The summed E-state index contributed by atoms with van der Waals surface area (Å²) in [4.78, 5) is 50.8. The van der Waals surface area contributed by atoms with E-state index in [4.69, 9.17) is 9.47 Å². The predicted octanol–water partition coefficient (Wildman–Crippen LogP) is 4.63.